The van der Waals surface area contributed by atoms with Gasteiger partial charge in [-0.3, -0.25) is 0 Å². The Bertz CT molecular complexity index is 539. The number of nitrogens with zero attached hydrogens (tertiary/aromatic N) is 1. The molecule has 0 N–H and O–H groups in total. The van der Waals surface area contributed by atoms with E-state index in [4.69, 9.17) is 11.6 Å². The Balaban J connectivity index is 2.30. The predicted octanol–water partition coefficient (Wildman–Crippen LogP) is 2.53. The van der Waals surface area contributed by atoms with Crippen molar-refractivity contribution in [3.63, 3.8) is 0 Å². The van der Waals surface area contributed by atoms with Gasteiger partial charge in [0.25, 0.3) is 0 Å². The number of hydrogen-bond donors (Lipinski definition) is 0. The first kappa shape index (κ1) is 13.8. The van der Waals surface area contributed by atoms with Crippen molar-refractivity contribution in [2.24, 2.45) is 0 Å². The molecule has 1 aromatic rings. The maximum atomic E-state index is 13.0. The van der Waals surface area contributed by atoms with Gasteiger partial charge in [0.15, 0.2) is 0 Å². The lowest BCUT2D eigenvalue weighted by atomic mass is 10.2. The average Bonchev–Trinajstić information content (AvgIpc) is 2.29. The van der Waals surface area contributed by atoms with E-state index >= 15 is 0 Å². The van der Waals surface area contributed by atoms with E-state index in [-0.39, 0.29) is 10.3 Å². The maximum absolute atomic E-state index is 13.0. The van der Waals surface area contributed by atoms with Crippen LogP contribution in [0.25, 0.3) is 0 Å². The minimum Gasteiger partial charge on any atom is -0.207 e. The summed E-state index contributed by atoms with van der Waals surface area (Å²) < 4.78 is 39.2. The van der Waals surface area contributed by atoms with Gasteiger partial charge in [-0.2, -0.15) is 4.31 Å². The Morgan fingerprint density at radius 1 is 1.33 bits per heavy atom. The Hall–Kier alpha value is -0.650. The van der Waals surface area contributed by atoms with E-state index in [1.54, 1.807) is 6.92 Å². The summed E-state index contributed by atoms with van der Waals surface area (Å²) in [7, 11) is -3.52. The first-order chi connectivity index (χ1) is 8.41. The monoisotopic (exact) mass is 291 g/mol. The summed E-state index contributed by atoms with van der Waals surface area (Å²) in [4.78, 5) is 0.178. The highest BCUT2D eigenvalue weighted by Gasteiger charge is 2.29. The first-order valence-corrected chi connectivity index (χ1v) is 7.69. The van der Waals surface area contributed by atoms with E-state index < -0.39 is 15.8 Å². The third-order valence-electron chi connectivity index (χ3n) is 3.14. The molecule has 0 amide bonds. The molecule has 100 valence electrons. The van der Waals surface area contributed by atoms with Gasteiger partial charge in [0.2, 0.25) is 10.0 Å². The van der Waals surface area contributed by atoms with Crippen LogP contribution in [-0.4, -0.2) is 31.2 Å². The largest absolute Gasteiger partial charge is 0.243 e. The molecular weight excluding hydrogens is 277 g/mol. The highest BCUT2D eigenvalue weighted by molar-refractivity contribution is 7.89. The van der Waals surface area contributed by atoms with Gasteiger partial charge >= 0.3 is 0 Å². The van der Waals surface area contributed by atoms with E-state index in [0.717, 1.165) is 0 Å². The molecule has 1 saturated heterocycles. The molecule has 18 heavy (non-hydrogen) atoms. The van der Waals surface area contributed by atoms with E-state index in [2.05, 4.69) is 0 Å². The molecule has 2 rings (SSSR count). The lowest BCUT2D eigenvalue weighted by Crippen LogP contribution is -2.39. The zero-order chi connectivity index (χ0) is 13.3. The number of sulfonamides is 1. The van der Waals surface area contributed by atoms with Crippen molar-refractivity contribution in [2.45, 2.75) is 30.0 Å². The third-order valence-corrected chi connectivity index (χ3v) is 5.63. The fraction of sp³-hybridized carbons (Fsp3) is 0.500. The quantitative estimate of drug-likeness (QED) is 0.785. The molecule has 0 bridgehead atoms. The van der Waals surface area contributed by atoms with Gasteiger partial charge in [0.05, 0.1) is 4.90 Å². The second-order valence-electron chi connectivity index (χ2n) is 4.49. The summed E-state index contributed by atoms with van der Waals surface area (Å²) in [6.07, 6.45) is 1.31. The van der Waals surface area contributed by atoms with Gasteiger partial charge in [0, 0.05) is 18.5 Å². The van der Waals surface area contributed by atoms with E-state index in [9.17, 15) is 12.8 Å². The van der Waals surface area contributed by atoms with Crippen LogP contribution in [0.4, 0.5) is 4.39 Å². The number of alkyl halides is 1. The molecule has 1 fully saturated rings. The number of aryl methyl sites for hydroxylation is 1. The van der Waals surface area contributed by atoms with Gasteiger partial charge in [-0.25, -0.2) is 12.8 Å². The summed E-state index contributed by atoms with van der Waals surface area (Å²) in [6.45, 7) is 2.45. The molecule has 1 aromatic carbocycles. The van der Waals surface area contributed by atoms with Crippen molar-refractivity contribution in [1.82, 2.24) is 4.31 Å². The van der Waals surface area contributed by atoms with Crippen molar-refractivity contribution >= 4 is 21.6 Å². The van der Waals surface area contributed by atoms with Crippen molar-refractivity contribution in [3.05, 3.63) is 29.6 Å². The lowest BCUT2D eigenvalue weighted by molar-refractivity contribution is 0.350. The third kappa shape index (κ3) is 2.68. The number of benzene rings is 1. The zero-order valence-electron chi connectivity index (χ0n) is 10.1. The van der Waals surface area contributed by atoms with Gasteiger partial charge in [-0.1, -0.05) is 0 Å². The summed E-state index contributed by atoms with van der Waals surface area (Å²) in [5.74, 6) is -0.425. The van der Waals surface area contributed by atoms with Crippen LogP contribution in [0.15, 0.2) is 23.1 Å². The van der Waals surface area contributed by atoms with Crippen molar-refractivity contribution in [3.8, 4) is 0 Å². The van der Waals surface area contributed by atoms with Crippen LogP contribution in [0.2, 0.25) is 0 Å². The molecule has 0 aromatic heterocycles. The van der Waals surface area contributed by atoms with Crippen molar-refractivity contribution in [2.75, 3.05) is 13.1 Å². The molecule has 0 unspecified atom stereocenters. The molecule has 0 saturated carbocycles. The smallest absolute Gasteiger partial charge is 0.207 e. The molecule has 0 spiro atoms. The fourth-order valence-electron chi connectivity index (χ4n) is 2.11. The van der Waals surface area contributed by atoms with Crippen molar-refractivity contribution < 1.29 is 12.8 Å². The van der Waals surface area contributed by atoms with Crippen LogP contribution in [0, 0.1) is 12.7 Å². The summed E-state index contributed by atoms with van der Waals surface area (Å²) in [5.41, 5.74) is 0.433. The Morgan fingerprint density at radius 3 is 2.50 bits per heavy atom. The SMILES string of the molecule is Cc1cc(F)ccc1S(=O)(=O)N1CCC(Cl)CC1. The van der Waals surface area contributed by atoms with Gasteiger partial charge < -0.3 is 0 Å². The van der Waals surface area contributed by atoms with Crippen LogP contribution in [-0.2, 0) is 10.0 Å². The molecular formula is C12H15ClFNO2S. The van der Waals surface area contributed by atoms with Crippen LogP contribution in [0.5, 0.6) is 0 Å². The summed E-state index contributed by atoms with van der Waals surface area (Å²) in [6, 6.07) is 3.74. The summed E-state index contributed by atoms with van der Waals surface area (Å²) >= 11 is 5.96. The van der Waals surface area contributed by atoms with Crippen molar-refractivity contribution in [1.29, 1.82) is 0 Å². The zero-order valence-corrected chi connectivity index (χ0v) is 11.6. The standard InChI is InChI=1S/C12H15ClFNO2S/c1-9-8-11(14)2-3-12(9)18(16,17)15-6-4-10(13)5-7-15/h2-3,8,10H,4-7H2,1H3. The molecule has 3 nitrogen and oxygen atoms in total. The molecule has 1 aliphatic rings. The molecule has 6 heteroatoms. The van der Waals surface area contributed by atoms with Crippen LogP contribution in [0.1, 0.15) is 18.4 Å². The van der Waals surface area contributed by atoms with Gasteiger partial charge in [0.1, 0.15) is 5.82 Å². The molecule has 0 atom stereocenters. The van der Waals surface area contributed by atoms with E-state index in [1.807, 2.05) is 0 Å². The Morgan fingerprint density at radius 2 is 1.94 bits per heavy atom. The number of rotatable bonds is 2. The normalized spacial score (nSPS) is 19.1. The predicted molar refractivity (Wildman–Crippen MR) is 68.8 cm³/mol. The lowest BCUT2D eigenvalue weighted by Gasteiger charge is -2.28. The maximum Gasteiger partial charge on any atom is 0.243 e. The highest BCUT2D eigenvalue weighted by atomic mass is 35.5. The topological polar surface area (TPSA) is 37.4 Å². The van der Waals surface area contributed by atoms with Gasteiger partial charge in [-0.15, -0.1) is 11.6 Å². The van der Waals surface area contributed by atoms with Crippen LogP contribution >= 0.6 is 11.6 Å². The van der Waals surface area contributed by atoms with E-state index in [1.165, 1.54) is 22.5 Å². The second kappa shape index (κ2) is 5.15. The minimum absolute atomic E-state index is 0.0470. The fourth-order valence-corrected chi connectivity index (χ4v) is 3.98. The summed E-state index contributed by atoms with van der Waals surface area (Å²) in [5, 5.41) is 0.0470. The number of piperidine rings is 1. The average molecular weight is 292 g/mol. The molecule has 0 radical (unpaired) electrons. The number of hydrogen-bond acceptors (Lipinski definition) is 2. The molecule has 1 aliphatic heterocycles. The molecule has 0 aliphatic carbocycles. The highest BCUT2D eigenvalue weighted by Crippen LogP contribution is 2.25. The Kier molecular flexibility index (Phi) is 3.94. The first-order valence-electron chi connectivity index (χ1n) is 5.81. The number of halogens is 2. The second-order valence-corrected chi connectivity index (χ2v) is 7.01. The van der Waals surface area contributed by atoms with Crippen LogP contribution in [0.3, 0.4) is 0 Å². The van der Waals surface area contributed by atoms with Crippen LogP contribution < -0.4 is 0 Å². The van der Waals surface area contributed by atoms with Gasteiger partial charge in [-0.05, 0) is 43.5 Å². The Labute approximate surface area is 112 Å². The van der Waals surface area contributed by atoms with E-state index in [0.29, 0.717) is 31.5 Å². The molecule has 1 heterocycles. The minimum atomic E-state index is -3.52.